The number of amides is 1. The number of nitrogens with zero attached hydrogens (tertiary/aromatic N) is 2. The molecule has 3 rings (SSSR count). The Hall–Kier alpha value is -2.37. The summed E-state index contributed by atoms with van der Waals surface area (Å²) >= 11 is 0. The van der Waals surface area contributed by atoms with Gasteiger partial charge in [-0.15, -0.1) is 0 Å². The number of para-hydroxylation sites is 1. The fraction of sp³-hybridized carbons (Fsp3) is 0.667. The van der Waals surface area contributed by atoms with Crippen molar-refractivity contribution >= 4 is 11.8 Å². The number of likely N-dealkylation sites (N-methyl/N-ethyl adjacent to an activating group) is 1. The van der Waals surface area contributed by atoms with Crippen LogP contribution in [0.15, 0.2) is 54.6 Å². The van der Waals surface area contributed by atoms with Gasteiger partial charge in [-0.3, -0.25) is 5.32 Å². The van der Waals surface area contributed by atoms with Crippen molar-refractivity contribution in [3.63, 3.8) is 0 Å². The maximum Gasteiger partial charge on any atom is 0.411 e. The maximum absolute atomic E-state index is 12.7. The number of ether oxygens (including phenoxy) is 1. The van der Waals surface area contributed by atoms with E-state index in [-0.39, 0.29) is 12.2 Å². The van der Waals surface area contributed by atoms with E-state index in [1.165, 1.54) is 109 Å². The molecular weight excluding hydrogens is 542 g/mol. The number of unbranched alkanes of at least 4 members (excludes halogenated alkanes) is 15. The lowest BCUT2D eigenvalue weighted by Gasteiger charge is -2.32. The van der Waals surface area contributed by atoms with Gasteiger partial charge in [0.2, 0.25) is 0 Å². The van der Waals surface area contributed by atoms with E-state index < -0.39 is 0 Å². The summed E-state index contributed by atoms with van der Waals surface area (Å²) in [6.07, 6.45) is 24.2. The van der Waals surface area contributed by atoms with Crippen molar-refractivity contribution < 1.29 is 9.53 Å². The Bertz CT molecular complexity index is 990. The van der Waals surface area contributed by atoms with E-state index in [1.807, 2.05) is 42.5 Å². The van der Waals surface area contributed by atoms with E-state index in [1.54, 1.807) is 0 Å². The molecule has 5 nitrogen and oxygen atoms in total. The molecule has 246 valence electrons. The summed E-state index contributed by atoms with van der Waals surface area (Å²) in [5, 5.41) is 2.98. The van der Waals surface area contributed by atoms with E-state index >= 15 is 0 Å². The molecule has 0 bridgehead atoms. The van der Waals surface area contributed by atoms with Crippen LogP contribution in [-0.2, 0) is 4.74 Å². The lowest BCUT2D eigenvalue weighted by Crippen LogP contribution is -2.41. The molecule has 0 unspecified atom stereocenters. The lowest BCUT2D eigenvalue weighted by atomic mass is 10.0. The number of rotatable bonds is 23. The zero-order valence-corrected chi connectivity index (χ0v) is 28.2. The maximum atomic E-state index is 12.7. The fourth-order valence-corrected chi connectivity index (χ4v) is 6.36. The van der Waals surface area contributed by atoms with Crippen molar-refractivity contribution in [1.82, 2.24) is 9.80 Å². The van der Waals surface area contributed by atoms with Gasteiger partial charge < -0.3 is 14.5 Å². The molecule has 44 heavy (non-hydrogen) atoms. The highest BCUT2D eigenvalue weighted by atomic mass is 16.6. The van der Waals surface area contributed by atoms with Crippen molar-refractivity contribution in [3.05, 3.63) is 54.6 Å². The number of hydrogen-bond acceptors (Lipinski definition) is 4. The molecule has 5 heteroatoms. The van der Waals surface area contributed by atoms with Crippen LogP contribution in [-0.4, -0.2) is 61.8 Å². The fourth-order valence-electron chi connectivity index (χ4n) is 6.36. The van der Waals surface area contributed by atoms with E-state index in [2.05, 4.69) is 41.2 Å². The largest absolute Gasteiger partial charge is 0.446 e. The Labute approximate surface area is 270 Å². The smallest absolute Gasteiger partial charge is 0.411 e. The number of benzene rings is 2. The van der Waals surface area contributed by atoms with Gasteiger partial charge in [-0.05, 0) is 44.5 Å². The predicted molar refractivity (Wildman–Crippen MR) is 188 cm³/mol. The molecule has 0 saturated carbocycles. The summed E-state index contributed by atoms with van der Waals surface area (Å²) in [5.41, 5.74) is 2.87. The van der Waals surface area contributed by atoms with Gasteiger partial charge in [-0.2, -0.15) is 0 Å². The monoisotopic (exact) mass is 605 g/mol. The Kier molecular flexibility index (Phi) is 18.9. The topological polar surface area (TPSA) is 44.8 Å². The van der Waals surface area contributed by atoms with Gasteiger partial charge in [-0.25, -0.2) is 4.79 Å². The molecule has 0 atom stereocenters. The standard InChI is InChI=1S/C39H63N3O2/c1-3-4-5-6-7-8-9-10-11-12-13-14-15-16-17-23-30-41(2)33-34-42-31-28-36(29-32-42)44-39(43)40-38-27-22-21-26-37(38)35-24-19-18-20-25-35/h18-22,24-27,36H,3-17,23,28-34H2,1-2H3,(H,40,43). The second-order valence-corrected chi connectivity index (χ2v) is 13.1. The zero-order valence-electron chi connectivity index (χ0n) is 28.2. The number of nitrogens with one attached hydrogen (secondary N) is 1. The van der Waals surface area contributed by atoms with Gasteiger partial charge in [-0.1, -0.05) is 152 Å². The van der Waals surface area contributed by atoms with Crippen molar-refractivity contribution in [2.45, 2.75) is 129 Å². The van der Waals surface area contributed by atoms with E-state index in [0.29, 0.717) is 0 Å². The average Bonchev–Trinajstić information content (AvgIpc) is 3.05. The molecule has 0 radical (unpaired) electrons. The lowest BCUT2D eigenvalue weighted by molar-refractivity contribution is 0.0565. The number of likely N-dealkylation sites (tertiary alicyclic amines) is 1. The Balaban J connectivity index is 1.13. The molecule has 0 aliphatic carbocycles. The van der Waals surface area contributed by atoms with Crippen LogP contribution >= 0.6 is 0 Å². The van der Waals surface area contributed by atoms with Gasteiger partial charge in [0.15, 0.2) is 0 Å². The number of anilines is 1. The van der Waals surface area contributed by atoms with E-state index in [4.69, 9.17) is 4.74 Å². The summed E-state index contributed by atoms with van der Waals surface area (Å²) in [7, 11) is 2.26. The molecule has 1 amide bonds. The van der Waals surface area contributed by atoms with Gasteiger partial charge in [0.1, 0.15) is 6.10 Å². The summed E-state index contributed by atoms with van der Waals surface area (Å²) in [6.45, 7) is 7.68. The third kappa shape index (κ3) is 15.6. The first-order chi connectivity index (χ1) is 21.7. The van der Waals surface area contributed by atoms with Crippen LogP contribution in [0, 0.1) is 0 Å². The van der Waals surface area contributed by atoms with Crippen LogP contribution < -0.4 is 5.32 Å². The highest BCUT2D eigenvalue weighted by Crippen LogP contribution is 2.28. The summed E-state index contributed by atoms with van der Waals surface area (Å²) in [6, 6.07) is 18.0. The first-order valence-electron chi connectivity index (χ1n) is 18.2. The van der Waals surface area contributed by atoms with Crippen molar-refractivity contribution in [1.29, 1.82) is 0 Å². The molecule has 0 spiro atoms. The van der Waals surface area contributed by atoms with Crippen LogP contribution in [0.1, 0.15) is 122 Å². The molecule has 2 aromatic rings. The predicted octanol–water partition coefficient (Wildman–Crippen LogP) is 10.6. The second kappa shape index (κ2) is 23.0. The quantitative estimate of drug-likeness (QED) is 0.128. The first-order valence-corrected chi connectivity index (χ1v) is 18.2. The highest BCUT2D eigenvalue weighted by Gasteiger charge is 2.22. The third-order valence-corrected chi connectivity index (χ3v) is 9.25. The minimum absolute atomic E-state index is 0.0158. The highest BCUT2D eigenvalue weighted by molar-refractivity contribution is 5.91. The Morgan fingerprint density at radius 1 is 0.727 bits per heavy atom. The van der Waals surface area contributed by atoms with Gasteiger partial charge in [0, 0.05) is 31.7 Å². The zero-order chi connectivity index (χ0) is 31.1. The number of carbonyl (C=O) groups is 1. The minimum Gasteiger partial charge on any atom is -0.446 e. The SMILES string of the molecule is CCCCCCCCCCCCCCCCCCN(C)CCN1CCC(OC(=O)Nc2ccccc2-c2ccccc2)CC1. The van der Waals surface area contributed by atoms with Gasteiger partial charge in [0.05, 0.1) is 5.69 Å². The van der Waals surface area contributed by atoms with E-state index in [9.17, 15) is 4.79 Å². The van der Waals surface area contributed by atoms with Crippen LogP contribution in [0.2, 0.25) is 0 Å². The van der Waals surface area contributed by atoms with Crippen LogP contribution in [0.3, 0.4) is 0 Å². The summed E-state index contributed by atoms with van der Waals surface area (Å²) in [5.74, 6) is 0. The Morgan fingerprint density at radius 2 is 1.25 bits per heavy atom. The van der Waals surface area contributed by atoms with Crippen LogP contribution in [0.25, 0.3) is 11.1 Å². The molecule has 1 heterocycles. The van der Waals surface area contributed by atoms with Crippen LogP contribution in [0.4, 0.5) is 10.5 Å². The summed E-state index contributed by atoms with van der Waals surface area (Å²) < 4.78 is 5.81. The summed E-state index contributed by atoms with van der Waals surface area (Å²) in [4.78, 5) is 17.7. The molecule has 0 aromatic heterocycles. The number of piperidine rings is 1. The number of carbonyl (C=O) groups excluding carboxylic acids is 1. The molecule has 1 fully saturated rings. The van der Waals surface area contributed by atoms with Crippen molar-refractivity contribution in [2.75, 3.05) is 45.1 Å². The minimum atomic E-state index is -0.356. The molecule has 1 aliphatic heterocycles. The normalized spacial score (nSPS) is 14.2. The van der Waals surface area contributed by atoms with E-state index in [0.717, 1.165) is 55.8 Å². The van der Waals surface area contributed by atoms with Gasteiger partial charge in [0.25, 0.3) is 0 Å². The first kappa shape index (κ1) is 36.1. The van der Waals surface area contributed by atoms with Crippen molar-refractivity contribution in [2.24, 2.45) is 0 Å². The molecular formula is C39H63N3O2. The molecule has 1 aliphatic rings. The molecule has 1 N–H and O–H groups in total. The third-order valence-electron chi connectivity index (χ3n) is 9.25. The molecule has 1 saturated heterocycles. The van der Waals surface area contributed by atoms with Gasteiger partial charge >= 0.3 is 6.09 Å². The number of hydrogen-bond donors (Lipinski definition) is 1. The second-order valence-electron chi connectivity index (χ2n) is 13.1. The van der Waals surface area contributed by atoms with Crippen LogP contribution in [0.5, 0.6) is 0 Å². The van der Waals surface area contributed by atoms with Crippen molar-refractivity contribution in [3.8, 4) is 11.1 Å². The average molecular weight is 606 g/mol. The Morgan fingerprint density at radius 3 is 1.84 bits per heavy atom. The molecule has 2 aromatic carbocycles.